The first-order valence-corrected chi connectivity index (χ1v) is 6.29. The van der Waals surface area contributed by atoms with E-state index in [0.717, 1.165) is 25.9 Å². The van der Waals surface area contributed by atoms with Gasteiger partial charge >= 0.3 is 0 Å². The Kier molecular flexibility index (Phi) is 3.97. The van der Waals surface area contributed by atoms with Crippen molar-refractivity contribution in [3.63, 3.8) is 0 Å². The molecule has 1 aliphatic heterocycles. The summed E-state index contributed by atoms with van der Waals surface area (Å²) >= 11 is 0. The number of anilines is 1. The Morgan fingerprint density at radius 1 is 1.47 bits per heavy atom. The topological polar surface area (TPSA) is 96.2 Å². The molecule has 0 unspecified atom stereocenters. The van der Waals surface area contributed by atoms with Crippen molar-refractivity contribution in [3.05, 3.63) is 33.9 Å². The normalized spacial score (nSPS) is 16.1. The van der Waals surface area contributed by atoms with E-state index in [1.807, 2.05) is 11.0 Å². The van der Waals surface area contributed by atoms with Crippen molar-refractivity contribution in [3.8, 4) is 6.07 Å². The van der Waals surface area contributed by atoms with E-state index in [9.17, 15) is 10.1 Å². The van der Waals surface area contributed by atoms with E-state index in [0.29, 0.717) is 23.7 Å². The number of nitrogens with zero attached hydrogens (tertiary/aromatic N) is 3. The summed E-state index contributed by atoms with van der Waals surface area (Å²) in [6, 6.07) is 6.56. The minimum atomic E-state index is -0.425. The van der Waals surface area contributed by atoms with Gasteiger partial charge in [-0.3, -0.25) is 10.1 Å². The van der Waals surface area contributed by atoms with Crippen LogP contribution in [0.4, 0.5) is 11.4 Å². The number of nitriles is 1. The maximum atomic E-state index is 11.1. The standard InChI is InChI=1S/C13H16N4O2/c14-8-10-3-5-16(6-4-10)12-2-1-11(9-15)7-13(12)17(18)19/h1-2,7,10H,3-6,8,14H2. The van der Waals surface area contributed by atoms with E-state index in [-0.39, 0.29) is 5.69 Å². The number of hydrogen-bond acceptors (Lipinski definition) is 5. The largest absolute Gasteiger partial charge is 0.366 e. The van der Waals surface area contributed by atoms with Gasteiger partial charge in [-0.25, -0.2) is 0 Å². The quantitative estimate of drug-likeness (QED) is 0.658. The first-order valence-electron chi connectivity index (χ1n) is 6.29. The molecule has 2 N–H and O–H groups in total. The van der Waals surface area contributed by atoms with E-state index in [2.05, 4.69) is 0 Å². The van der Waals surface area contributed by atoms with Crippen LogP contribution in [0.1, 0.15) is 18.4 Å². The summed E-state index contributed by atoms with van der Waals surface area (Å²) in [5.74, 6) is 0.508. The lowest BCUT2D eigenvalue weighted by atomic mass is 9.96. The minimum absolute atomic E-state index is 0.00486. The Hall–Kier alpha value is -2.13. The molecule has 1 fully saturated rings. The Labute approximate surface area is 111 Å². The molecule has 1 aliphatic rings. The molecule has 0 aliphatic carbocycles. The summed E-state index contributed by atoms with van der Waals surface area (Å²) in [4.78, 5) is 12.7. The second-order valence-electron chi connectivity index (χ2n) is 4.74. The van der Waals surface area contributed by atoms with Crippen molar-refractivity contribution >= 4 is 11.4 Å². The SMILES string of the molecule is N#Cc1ccc(N2CCC(CN)CC2)c([N+](=O)[O-])c1. The van der Waals surface area contributed by atoms with Crippen molar-refractivity contribution in [1.29, 1.82) is 5.26 Å². The lowest BCUT2D eigenvalue weighted by Gasteiger charge is -2.32. The molecule has 1 saturated heterocycles. The fourth-order valence-electron chi connectivity index (χ4n) is 2.42. The number of piperidine rings is 1. The molecular weight excluding hydrogens is 244 g/mol. The maximum Gasteiger partial charge on any atom is 0.293 e. The van der Waals surface area contributed by atoms with Gasteiger partial charge in [0.15, 0.2) is 0 Å². The molecule has 0 aromatic heterocycles. The molecule has 0 atom stereocenters. The smallest absolute Gasteiger partial charge is 0.293 e. The van der Waals surface area contributed by atoms with E-state index in [1.54, 1.807) is 12.1 Å². The number of benzene rings is 1. The highest BCUT2D eigenvalue weighted by molar-refractivity contribution is 5.65. The summed E-state index contributed by atoms with van der Waals surface area (Å²) in [5.41, 5.74) is 6.55. The van der Waals surface area contributed by atoms with Crippen molar-refractivity contribution in [2.24, 2.45) is 11.7 Å². The van der Waals surface area contributed by atoms with Gasteiger partial charge < -0.3 is 10.6 Å². The molecule has 0 spiro atoms. The van der Waals surface area contributed by atoms with E-state index in [1.165, 1.54) is 6.07 Å². The third-order valence-electron chi connectivity index (χ3n) is 3.59. The molecule has 1 aromatic carbocycles. The lowest BCUT2D eigenvalue weighted by Crippen LogP contribution is -2.36. The first-order chi connectivity index (χ1) is 9.15. The van der Waals surface area contributed by atoms with Crippen LogP contribution in [0, 0.1) is 27.4 Å². The third kappa shape index (κ3) is 2.83. The second-order valence-corrected chi connectivity index (χ2v) is 4.74. The predicted octanol–water partition coefficient (Wildman–Crippen LogP) is 1.64. The summed E-state index contributed by atoms with van der Waals surface area (Å²) in [5, 5.41) is 19.9. The van der Waals surface area contributed by atoms with Crippen LogP contribution >= 0.6 is 0 Å². The van der Waals surface area contributed by atoms with Crippen LogP contribution in [0.2, 0.25) is 0 Å². The molecule has 1 aromatic rings. The summed E-state index contributed by atoms with van der Waals surface area (Å²) in [6.07, 6.45) is 1.90. The third-order valence-corrected chi connectivity index (χ3v) is 3.59. The van der Waals surface area contributed by atoms with Crippen molar-refractivity contribution < 1.29 is 4.92 Å². The molecule has 19 heavy (non-hydrogen) atoms. The zero-order chi connectivity index (χ0) is 13.8. The van der Waals surface area contributed by atoms with Gasteiger partial charge in [0.1, 0.15) is 5.69 Å². The average molecular weight is 260 g/mol. The second kappa shape index (κ2) is 5.67. The van der Waals surface area contributed by atoms with E-state index in [4.69, 9.17) is 11.0 Å². The van der Waals surface area contributed by atoms with Crippen LogP contribution in [0.25, 0.3) is 0 Å². The van der Waals surface area contributed by atoms with Crippen molar-refractivity contribution in [2.45, 2.75) is 12.8 Å². The van der Waals surface area contributed by atoms with Gasteiger partial charge in [-0.05, 0) is 37.4 Å². The molecule has 1 heterocycles. The van der Waals surface area contributed by atoms with Gasteiger partial charge in [-0.1, -0.05) is 0 Å². The molecule has 2 rings (SSSR count). The maximum absolute atomic E-state index is 11.1. The van der Waals surface area contributed by atoms with Gasteiger partial charge in [0.2, 0.25) is 0 Å². The molecular formula is C13H16N4O2. The zero-order valence-electron chi connectivity index (χ0n) is 10.6. The van der Waals surface area contributed by atoms with Crippen LogP contribution in [0.15, 0.2) is 18.2 Å². The predicted molar refractivity (Wildman–Crippen MR) is 71.8 cm³/mol. The van der Waals surface area contributed by atoms with Gasteiger partial charge in [0.05, 0.1) is 16.6 Å². The molecule has 100 valence electrons. The monoisotopic (exact) mass is 260 g/mol. The van der Waals surface area contributed by atoms with Gasteiger partial charge in [-0.15, -0.1) is 0 Å². The Balaban J connectivity index is 2.25. The number of rotatable bonds is 3. The lowest BCUT2D eigenvalue weighted by molar-refractivity contribution is -0.384. The van der Waals surface area contributed by atoms with E-state index < -0.39 is 4.92 Å². The van der Waals surface area contributed by atoms with Crippen molar-refractivity contribution in [1.82, 2.24) is 0 Å². The van der Waals surface area contributed by atoms with Crippen LogP contribution in [0.5, 0.6) is 0 Å². The molecule has 0 amide bonds. The summed E-state index contributed by atoms with van der Waals surface area (Å²) in [7, 11) is 0. The highest BCUT2D eigenvalue weighted by Gasteiger charge is 2.24. The zero-order valence-corrected chi connectivity index (χ0v) is 10.6. The fraction of sp³-hybridized carbons (Fsp3) is 0.462. The number of nitro groups is 1. The molecule has 0 bridgehead atoms. The highest BCUT2D eigenvalue weighted by Crippen LogP contribution is 2.32. The Morgan fingerprint density at radius 2 is 2.16 bits per heavy atom. The van der Waals surface area contributed by atoms with Crippen LogP contribution < -0.4 is 10.6 Å². The molecule has 0 saturated carbocycles. The van der Waals surface area contributed by atoms with Gasteiger partial charge in [0.25, 0.3) is 5.69 Å². The van der Waals surface area contributed by atoms with Gasteiger partial charge in [-0.2, -0.15) is 5.26 Å². The Bertz CT molecular complexity index is 516. The first kappa shape index (κ1) is 13.3. The highest BCUT2D eigenvalue weighted by atomic mass is 16.6. The van der Waals surface area contributed by atoms with Gasteiger partial charge in [0, 0.05) is 19.2 Å². The fourth-order valence-corrected chi connectivity index (χ4v) is 2.42. The number of nitro benzene ring substituents is 1. The van der Waals surface area contributed by atoms with E-state index >= 15 is 0 Å². The average Bonchev–Trinajstić information content (AvgIpc) is 2.46. The van der Waals surface area contributed by atoms with Crippen LogP contribution in [-0.2, 0) is 0 Å². The van der Waals surface area contributed by atoms with Crippen LogP contribution in [0.3, 0.4) is 0 Å². The van der Waals surface area contributed by atoms with Crippen molar-refractivity contribution in [2.75, 3.05) is 24.5 Å². The molecule has 0 radical (unpaired) electrons. The summed E-state index contributed by atoms with van der Waals surface area (Å²) < 4.78 is 0. The van der Waals surface area contributed by atoms with Crippen LogP contribution in [-0.4, -0.2) is 24.6 Å². The molecule has 6 nitrogen and oxygen atoms in total. The minimum Gasteiger partial charge on any atom is -0.366 e. The number of nitrogens with two attached hydrogens (primary N) is 1. The molecule has 6 heteroatoms. The summed E-state index contributed by atoms with van der Waals surface area (Å²) in [6.45, 7) is 2.21. The Morgan fingerprint density at radius 3 is 2.68 bits per heavy atom. The number of hydrogen-bond donors (Lipinski definition) is 1.